The van der Waals surface area contributed by atoms with Crippen molar-refractivity contribution in [3.05, 3.63) is 108 Å². The Balaban J connectivity index is 1.25. The quantitative estimate of drug-likeness (QED) is 0.0654. The highest BCUT2D eigenvalue weighted by Gasteiger charge is 2.65. The van der Waals surface area contributed by atoms with E-state index in [0.717, 1.165) is 55.2 Å². The number of allylic oxidation sites excluding steroid dienone is 1. The molecule has 0 radical (unpaired) electrons. The average molecular weight is 866 g/mol. The molecule has 3 aliphatic heterocycles. The highest BCUT2D eigenvalue weighted by atomic mass is 16.8. The summed E-state index contributed by atoms with van der Waals surface area (Å²) in [6, 6.07) is 19.4. The van der Waals surface area contributed by atoms with Gasteiger partial charge in [0.1, 0.15) is 17.5 Å². The van der Waals surface area contributed by atoms with Gasteiger partial charge >= 0.3 is 6.09 Å². The van der Waals surface area contributed by atoms with Crippen molar-refractivity contribution >= 4 is 17.7 Å². The van der Waals surface area contributed by atoms with Gasteiger partial charge in [-0.1, -0.05) is 60.5 Å². The maximum absolute atomic E-state index is 14.8. The van der Waals surface area contributed by atoms with Crippen molar-refractivity contribution in [2.24, 2.45) is 22.9 Å². The number of aliphatic hydroxyl groups excluding tert-OH is 2. The maximum Gasteiger partial charge on any atom is 0.412 e. The minimum Gasteiger partial charge on any atom is -0.459 e. The van der Waals surface area contributed by atoms with Crippen LogP contribution in [0.1, 0.15) is 91.6 Å². The summed E-state index contributed by atoms with van der Waals surface area (Å²) in [6.07, 6.45) is 10.1. The number of ether oxygens (including phenoxy) is 6. The predicted molar refractivity (Wildman–Crippen MR) is 234 cm³/mol. The number of oxime groups is 1. The van der Waals surface area contributed by atoms with Crippen LogP contribution in [0.3, 0.4) is 0 Å². The first-order chi connectivity index (χ1) is 30.8. The van der Waals surface area contributed by atoms with Gasteiger partial charge in [0.05, 0.1) is 24.8 Å². The van der Waals surface area contributed by atoms with Gasteiger partial charge in [-0.3, -0.25) is 4.79 Å². The van der Waals surface area contributed by atoms with Crippen LogP contribution in [0.2, 0.25) is 0 Å². The van der Waals surface area contributed by atoms with Crippen molar-refractivity contribution in [1.82, 2.24) is 10.2 Å². The second-order valence-corrected chi connectivity index (χ2v) is 16.9. The first-order valence-corrected chi connectivity index (χ1v) is 22.4. The lowest BCUT2D eigenvalue weighted by Crippen LogP contribution is -2.69. The Labute approximate surface area is 368 Å². The lowest BCUT2D eigenvalue weighted by molar-refractivity contribution is -0.252. The van der Waals surface area contributed by atoms with Gasteiger partial charge in [-0.05, 0) is 97.9 Å². The van der Waals surface area contributed by atoms with Gasteiger partial charge in [0.25, 0.3) is 5.91 Å². The number of amides is 2. The molecule has 336 valence electrons. The summed E-state index contributed by atoms with van der Waals surface area (Å²) >= 11 is 0. The van der Waals surface area contributed by atoms with Crippen molar-refractivity contribution in [3.8, 4) is 23.0 Å². The fourth-order valence-corrected chi connectivity index (χ4v) is 10.00. The minimum atomic E-state index is -1.46. The lowest BCUT2D eigenvalue weighted by Gasteiger charge is -2.59. The van der Waals surface area contributed by atoms with E-state index in [2.05, 4.69) is 18.0 Å². The molecule has 1 unspecified atom stereocenters. The van der Waals surface area contributed by atoms with Gasteiger partial charge in [0.15, 0.2) is 11.5 Å². The summed E-state index contributed by atoms with van der Waals surface area (Å²) in [5.41, 5.74) is 3.73. The number of fused-ring (bicyclic) bond motifs is 3. The van der Waals surface area contributed by atoms with Crippen molar-refractivity contribution in [2.75, 3.05) is 40.3 Å². The Kier molecular flexibility index (Phi) is 14.3. The first-order valence-electron chi connectivity index (χ1n) is 22.4. The number of aliphatic hydroxyl groups is 2. The van der Waals surface area contributed by atoms with Gasteiger partial charge in [0, 0.05) is 56.7 Å². The fourth-order valence-electron chi connectivity index (χ4n) is 10.00. The first kappa shape index (κ1) is 44.2. The molecule has 14 heteroatoms. The molecular weight excluding hydrogens is 807 g/mol. The van der Waals surface area contributed by atoms with Crippen LogP contribution in [0, 0.1) is 17.8 Å². The Bertz CT molecular complexity index is 2140. The number of hydrogen-bond donors (Lipinski definition) is 3. The number of nitrogens with one attached hydrogen (secondary N) is 1. The number of hydrogen-bond acceptors (Lipinski definition) is 12. The van der Waals surface area contributed by atoms with Gasteiger partial charge in [0.2, 0.25) is 18.9 Å². The summed E-state index contributed by atoms with van der Waals surface area (Å²) in [5, 5.41) is 27.6. The summed E-state index contributed by atoms with van der Waals surface area (Å²) in [6.45, 7) is 5.23. The molecule has 63 heavy (non-hydrogen) atoms. The molecule has 3 aromatic carbocycles. The van der Waals surface area contributed by atoms with Crippen LogP contribution >= 0.6 is 0 Å². The van der Waals surface area contributed by atoms with Crippen LogP contribution in [-0.2, 0) is 20.9 Å². The van der Waals surface area contributed by atoms with Crippen LogP contribution in [-0.4, -0.2) is 91.2 Å². The lowest BCUT2D eigenvalue weighted by atomic mass is 9.55. The monoisotopic (exact) mass is 865 g/mol. The van der Waals surface area contributed by atoms with Crippen LogP contribution < -0.4 is 24.3 Å². The largest absolute Gasteiger partial charge is 0.459 e. The van der Waals surface area contributed by atoms with E-state index >= 15 is 0 Å². The van der Waals surface area contributed by atoms with E-state index in [9.17, 15) is 19.8 Å². The Morgan fingerprint density at radius 1 is 0.968 bits per heavy atom. The van der Waals surface area contributed by atoms with E-state index in [0.29, 0.717) is 66.7 Å². The Hall–Kier alpha value is -5.41. The number of rotatable bonds is 18. The second-order valence-electron chi connectivity index (χ2n) is 16.9. The number of carbonyl (C=O) groups excluding carboxylic acids is 2. The van der Waals surface area contributed by atoms with Gasteiger partial charge in [-0.25, -0.2) is 4.79 Å². The fraction of sp³-hybridized carbons (Fsp3) is 0.490. The van der Waals surface area contributed by atoms with Crippen molar-refractivity contribution in [2.45, 2.75) is 94.8 Å². The Morgan fingerprint density at radius 3 is 2.54 bits per heavy atom. The molecule has 3 N–H and O–H groups in total. The standard InChI is InChI=1S/C49H59N3O11/c1-3-24-60-49-43(52(2)47(55)34-18-20-41-42(27-34)59-31-58-41)29-39(51-63-44-17-9-12-25-57-44)37-26-33(15-7-10-22-53)36(16-8-11-23-54)45(46(37)49)38-28-35(19-21-40(38)62-49)61-48(56)50-30-32-13-5-4-6-14-32/h3-6,13-14,18-21,26-28,33,36,43-46,53-54H,1,7-12,15-17,22-25,29-31H2,2H3,(H,50,56)/t33-,36+,43-,44?,45+,46+,49+/m0/s1. The summed E-state index contributed by atoms with van der Waals surface area (Å²) in [7, 11) is 1.76. The zero-order chi connectivity index (χ0) is 43.8. The number of unbranched alkanes of at least 4 members (excludes halogenated alkanes) is 2. The number of nitrogens with zero attached hydrogens (tertiary/aromatic N) is 2. The second kappa shape index (κ2) is 20.4. The smallest absolute Gasteiger partial charge is 0.412 e. The molecule has 1 saturated carbocycles. The van der Waals surface area contributed by atoms with E-state index in [1.54, 1.807) is 42.3 Å². The molecule has 2 amide bonds. The van der Waals surface area contributed by atoms with Crippen molar-refractivity contribution < 1.29 is 53.1 Å². The molecule has 0 bridgehead atoms. The average Bonchev–Trinajstić information content (AvgIpc) is 3.79. The summed E-state index contributed by atoms with van der Waals surface area (Å²) in [5.74, 6) is -0.633. The highest BCUT2D eigenvalue weighted by Crippen LogP contribution is 2.62. The molecule has 1 saturated heterocycles. The van der Waals surface area contributed by atoms with E-state index in [1.165, 1.54) is 0 Å². The zero-order valence-electron chi connectivity index (χ0n) is 36.0. The molecule has 5 aliphatic rings. The van der Waals surface area contributed by atoms with Gasteiger partial charge in [-0.2, -0.15) is 0 Å². The number of likely N-dealkylation sites (N-methyl/N-ethyl adjacent to an activating group) is 1. The molecule has 7 atom stereocenters. The Morgan fingerprint density at radius 2 is 1.76 bits per heavy atom. The molecule has 0 aromatic heterocycles. The molecule has 14 nitrogen and oxygen atoms in total. The summed E-state index contributed by atoms with van der Waals surface area (Å²) < 4.78 is 37.4. The van der Waals surface area contributed by atoms with E-state index < -0.39 is 30.1 Å². The summed E-state index contributed by atoms with van der Waals surface area (Å²) in [4.78, 5) is 35.9. The predicted octanol–water partition coefficient (Wildman–Crippen LogP) is 7.64. The van der Waals surface area contributed by atoms with E-state index in [-0.39, 0.29) is 56.7 Å². The molecule has 3 heterocycles. The molecule has 0 spiro atoms. The van der Waals surface area contributed by atoms with Gasteiger partial charge < -0.3 is 53.7 Å². The van der Waals surface area contributed by atoms with Crippen LogP contribution in [0.5, 0.6) is 23.0 Å². The van der Waals surface area contributed by atoms with Crippen LogP contribution in [0.4, 0.5) is 4.79 Å². The molecule has 2 aliphatic carbocycles. The highest BCUT2D eigenvalue weighted by molar-refractivity contribution is 6.03. The third-order valence-corrected chi connectivity index (χ3v) is 13.0. The number of benzene rings is 3. The van der Waals surface area contributed by atoms with Crippen molar-refractivity contribution in [3.63, 3.8) is 0 Å². The topological polar surface area (TPSA) is 167 Å². The SMILES string of the molecule is C=CCO[C@@]12Oc3ccc(OC(=O)NCc4ccccc4)cc3[C@H]3[C@H](CCCCO)[C@@H](CCCCO)C=C(C(=NOC4CCCCO4)C[C@@H]1N(C)C(=O)c1ccc4c(c1)OCO4)[C@H]32. The van der Waals surface area contributed by atoms with Crippen LogP contribution in [0.15, 0.2) is 96.2 Å². The maximum atomic E-state index is 14.8. The van der Waals surface area contributed by atoms with Crippen LogP contribution in [0.25, 0.3) is 0 Å². The zero-order valence-corrected chi connectivity index (χ0v) is 36.0. The van der Waals surface area contributed by atoms with E-state index in [1.807, 2.05) is 42.5 Å². The minimum absolute atomic E-state index is 0.0158. The molecule has 2 fully saturated rings. The normalized spacial score (nSPS) is 26.1. The molecular formula is C49H59N3O11. The molecule has 8 rings (SSSR count). The van der Waals surface area contributed by atoms with E-state index in [4.69, 9.17) is 38.4 Å². The molecule has 3 aromatic rings. The van der Waals surface area contributed by atoms with Crippen molar-refractivity contribution in [1.29, 1.82) is 0 Å². The third-order valence-electron chi connectivity index (χ3n) is 13.0. The number of carbonyl (C=O) groups is 2. The third kappa shape index (κ3) is 9.59. The van der Waals surface area contributed by atoms with Gasteiger partial charge in [-0.15, -0.1) is 6.58 Å².